The van der Waals surface area contributed by atoms with Gasteiger partial charge in [0.1, 0.15) is 5.54 Å². The molecule has 3 fully saturated rings. The highest BCUT2D eigenvalue weighted by atomic mass is 16.6. The van der Waals surface area contributed by atoms with Gasteiger partial charge in [-0.05, 0) is 50.4 Å². The fourth-order valence-corrected chi connectivity index (χ4v) is 6.62. The maximum absolute atomic E-state index is 14.0. The maximum atomic E-state index is 14.0. The predicted octanol–water partition coefficient (Wildman–Crippen LogP) is 2.64. The number of nitro groups is 1. The van der Waals surface area contributed by atoms with Crippen LogP contribution in [0.3, 0.4) is 0 Å². The van der Waals surface area contributed by atoms with Crippen molar-refractivity contribution in [3.63, 3.8) is 0 Å². The molecule has 4 atom stereocenters. The van der Waals surface area contributed by atoms with E-state index in [0.717, 1.165) is 34.6 Å². The number of non-ortho nitro benzene ring substituents is 1. The van der Waals surface area contributed by atoms with E-state index in [9.17, 15) is 24.5 Å². The summed E-state index contributed by atoms with van der Waals surface area (Å²) in [6.07, 6.45) is 1.59. The third-order valence-corrected chi connectivity index (χ3v) is 7.87. The molecule has 33 heavy (non-hydrogen) atoms. The predicted molar refractivity (Wildman–Crippen MR) is 119 cm³/mol. The fourth-order valence-electron chi connectivity index (χ4n) is 6.62. The van der Waals surface area contributed by atoms with Gasteiger partial charge in [0.15, 0.2) is 0 Å². The Hall–Kier alpha value is -3.59. The number of nitrogens with one attached hydrogen (secondary N) is 1. The Balaban J connectivity index is 1.53. The van der Waals surface area contributed by atoms with E-state index in [1.54, 1.807) is 6.92 Å². The monoisotopic (exact) mass is 446 g/mol. The Morgan fingerprint density at radius 1 is 1.09 bits per heavy atom. The number of carbonyl (C=O) groups excluding carboxylic acids is 3. The van der Waals surface area contributed by atoms with E-state index >= 15 is 0 Å². The lowest BCUT2D eigenvalue weighted by atomic mass is 9.75. The largest absolute Gasteiger partial charge is 0.324 e. The van der Waals surface area contributed by atoms with Crippen LogP contribution in [0, 0.1) is 35.8 Å². The van der Waals surface area contributed by atoms with Crippen molar-refractivity contribution >= 4 is 34.8 Å². The number of anilines is 2. The summed E-state index contributed by atoms with van der Waals surface area (Å²) in [5, 5.41) is 14.2. The smallest absolute Gasteiger partial charge is 0.269 e. The van der Waals surface area contributed by atoms with Gasteiger partial charge < -0.3 is 5.32 Å². The molecule has 0 bridgehead atoms. The molecule has 3 amide bonds. The van der Waals surface area contributed by atoms with Crippen molar-refractivity contribution in [1.29, 1.82) is 0 Å². The van der Waals surface area contributed by atoms with Gasteiger partial charge in [0.2, 0.25) is 17.7 Å². The quantitative estimate of drug-likeness (QED) is 0.431. The molecule has 3 saturated heterocycles. The third kappa shape index (κ3) is 2.27. The molecule has 2 aromatic carbocycles. The molecule has 1 spiro atoms. The number of fused-ring (bicyclic) bond motifs is 7. The minimum Gasteiger partial charge on any atom is -0.324 e. The van der Waals surface area contributed by atoms with Crippen molar-refractivity contribution in [3.8, 4) is 0 Å². The van der Waals surface area contributed by atoms with Crippen molar-refractivity contribution in [3.05, 3.63) is 63.2 Å². The third-order valence-electron chi connectivity index (χ3n) is 7.87. The van der Waals surface area contributed by atoms with Gasteiger partial charge in [-0.25, -0.2) is 4.90 Å². The lowest BCUT2D eigenvalue weighted by molar-refractivity contribution is -0.384. The molecule has 6 rings (SSSR count). The van der Waals surface area contributed by atoms with Crippen LogP contribution < -0.4 is 10.2 Å². The number of rotatable bonds is 2. The second-order valence-corrected chi connectivity index (χ2v) is 9.36. The zero-order valence-electron chi connectivity index (χ0n) is 18.2. The SMILES string of the molecule is Cc1cc([N+](=O)[O-])ccc1N1C(=O)[C@H]2[C@@H](C1=O)[C@]1(C(=O)Nc3c(C)cccc31)N1CCC[C@@H]21. The van der Waals surface area contributed by atoms with Gasteiger partial charge in [-0.1, -0.05) is 18.2 Å². The number of carbonyl (C=O) groups is 3. The van der Waals surface area contributed by atoms with E-state index in [4.69, 9.17) is 0 Å². The lowest BCUT2D eigenvalue weighted by Crippen LogP contribution is -2.54. The standard InChI is InChI=1S/C24H22N4O5/c1-12-5-3-6-15-20(12)25-23(31)24(15)19-18(17-7-4-10-26(17)24)21(29)27(22(19)30)16-9-8-14(28(32)33)11-13(16)2/h3,5-6,8-9,11,17-19H,4,7,10H2,1-2H3,(H,25,31)/t17-,18+,19-,24+/m0/s1. The van der Waals surface area contributed by atoms with E-state index in [1.165, 1.54) is 18.2 Å². The summed E-state index contributed by atoms with van der Waals surface area (Å²) in [6.45, 7) is 4.21. The molecule has 0 saturated carbocycles. The summed E-state index contributed by atoms with van der Waals surface area (Å²) in [4.78, 5) is 55.3. The summed E-state index contributed by atoms with van der Waals surface area (Å²) in [7, 11) is 0. The van der Waals surface area contributed by atoms with Gasteiger partial charge in [-0.3, -0.25) is 29.4 Å². The fraction of sp³-hybridized carbons (Fsp3) is 0.375. The first-order valence-electron chi connectivity index (χ1n) is 11.1. The van der Waals surface area contributed by atoms with Gasteiger partial charge in [-0.2, -0.15) is 0 Å². The molecule has 0 radical (unpaired) electrons. The Morgan fingerprint density at radius 3 is 2.61 bits per heavy atom. The number of hydrogen-bond acceptors (Lipinski definition) is 6. The van der Waals surface area contributed by atoms with Crippen molar-refractivity contribution in [2.24, 2.45) is 11.8 Å². The molecule has 9 nitrogen and oxygen atoms in total. The second kappa shape index (κ2) is 6.48. The first-order valence-corrected chi connectivity index (χ1v) is 11.1. The number of benzene rings is 2. The van der Waals surface area contributed by atoms with Crippen LogP contribution in [0.2, 0.25) is 0 Å². The minimum atomic E-state index is -1.22. The van der Waals surface area contributed by atoms with E-state index in [-0.39, 0.29) is 23.5 Å². The highest BCUT2D eigenvalue weighted by Crippen LogP contribution is 2.61. The molecule has 0 unspecified atom stereocenters. The van der Waals surface area contributed by atoms with E-state index in [2.05, 4.69) is 10.2 Å². The zero-order chi connectivity index (χ0) is 23.2. The molecular formula is C24H22N4O5. The van der Waals surface area contributed by atoms with Crippen molar-refractivity contribution in [2.75, 3.05) is 16.8 Å². The van der Waals surface area contributed by atoms with Crippen LogP contribution in [0.25, 0.3) is 0 Å². The number of hydrogen-bond donors (Lipinski definition) is 1. The van der Waals surface area contributed by atoms with Crippen LogP contribution in [0.5, 0.6) is 0 Å². The number of amides is 3. The first-order chi connectivity index (χ1) is 15.8. The molecule has 0 aliphatic carbocycles. The average molecular weight is 446 g/mol. The Labute approximate surface area is 189 Å². The molecule has 0 aromatic heterocycles. The van der Waals surface area contributed by atoms with E-state index in [1.807, 2.05) is 25.1 Å². The van der Waals surface area contributed by atoms with E-state index < -0.39 is 28.2 Å². The normalized spacial score (nSPS) is 30.1. The summed E-state index contributed by atoms with van der Waals surface area (Å²) in [6, 6.07) is 9.60. The molecule has 168 valence electrons. The van der Waals surface area contributed by atoms with Gasteiger partial charge >= 0.3 is 0 Å². The molecule has 2 aromatic rings. The molecule has 1 N–H and O–H groups in total. The summed E-state index contributed by atoms with van der Waals surface area (Å²) in [5.74, 6) is -2.47. The van der Waals surface area contributed by atoms with Crippen LogP contribution in [0.15, 0.2) is 36.4 Å². The zero-order valence-corrected chi connectivity index (χ0v) is 18.2. The number of nitrogens with zero attached hydrogens (tertiary/aromatic N) is 3. The maximum Gasteiger partial charge on any atom is 0.269 e. The van der Waals surface area contributed by atoms with Gasteiger partial charge in [0, 0.05) is 29.4 Å². The Bertz CT molecular complexity index is 1290. The van der Waals surface area contributed by atoms with Crippen LogP contribution in [-0.2, 0) is 19.9 Å². The molecule has 4 aliphatic heterocycles. The highest BCUT2D eigenvalue weighted by Gasteiger charge is 2.74. The number of para-hydroxylation sites is 1. The Morgan fingerprint density at radius 2 is 1.88 bits per heavy atom. The number of imide groups is 1. The summed E-state index contributed by atoms with van der Waals surface area (Å²) >= 11 is 0. The Kier molecular flexibility index (Phi) is 3.93. The van der Waals surface area contributed by atoms with Crippen LogP contribution >= 0.6 is 0 Å². The van der Waals surface area contributed by atoms with Gasteiger partial charge in [0.25, 0.3) is 5.69 Å². The van der Waals surface area contributed by atoms with Crippen LogP contribution in [-0.4, -0.2) is 40.1 Å². The minimum absolute atomic E-state index is 0.103. The lowest BCUT2D eigenvalue weighted by Gasteiger charge is -2.36. The number of nitro benzene ring substituents is 1. The second-order valence-electron chi connectivity index (χ2n) is 9.36. The van der Waals surface area contributed by atoms with Gasteiger partial charge in [0.05, 0.1) is 22.4 Å². The first kappa shape index (κ1) is 20.0. The topological polar surface area (TPSA) is 113 Å². The van der Waals surface area contributed by atoms with Crippen molar-refractivity contribution in [1.82, 2.24) is 4.90 Å². The highest BCUT2D eigenvalue weighted by molar-refractivity contribution is 6.26. The molecule has 9 heteroatoms. The molecule has 4 heterocycles. The summed E-state index contributed by atoms with van der Waals surface area (Å²) < 4.78 is 0. The molecular weight excluding hydrogens is 424 g/mol. The van der Waals surface area contributed by atoms with Crippen LogP contribution in [0.4, 0.5) is 17.1 Å². The van der Waals surface area contributed by atoms with Crippen molar-refractivity contribution in [2.45, 2.75) is 38.3 Å². The number of aryl methyl sites for hydroxylation is 2. The van der Waals surface area contributed by atoms with Crippen molar-refractivity contribution < 1.29 is 19.3 Å². The average Bonchev–Trinajstić information content (AvgIpc) is 3.48. The molecule has 4 aliphatic rings. The van der Waals surface area contributed by atoms with Crippen LogP contribution in [0.1, 0.15) is 29.5 Å². The summed E-state index contributed by atoms with van der Waals surface area (Å²) in [5.41, 5.74) is 1.88. The van der Waals surface area contributed by atoms with E-state index in [0.29, 0.717) is 17.8 Å². The van der Waals surface area contributed by atoms with Gasteiger partial charge in [-0.15, -0.1) is 0 Å².